The summed E-state index contributed by atoms with van der Waals surface area (Å²) in [6.45, 7) is 0.524. The molecule has 5 nitrogen and oxygen atoms in total. The summed E-state index contributed by atoms with van der Waals surface area (Å²) >= 11 is 0. The van der Waals surface area contributed by atoms with E-state index in [0.717, 1.165) is 24.8 Å². The Kier molecular flexibility index (Phi) is 9.50. The number of aliphatic hydroxyl groups excluding tert-OH is 2. The van der Waals surface area contributed by atoms with Crippen LogP contribution in [0.3, 0.4) is 0 Å². The molecule has 214 valence electrons. The third-order valence-electron chi connectivity index (χ3n) is 8.98. The zero-order valence-corrected chi connectivity index (χ0v) is 23.4. The molecule has 3 N–H and O–H groups in total. The van der Waals surface area contributed by atoms with E-state index in [0.29, 0.717) is 13.0 Å². The number of hydrogen-bond acceptors (Lipinski definition) is 4. The van der Waals surface area contributed by atoms with Gasteiger partial charge in [-0.3, -0.25) is 4.79 Å². The van der Waals surface area contributed by atoms with Gasteiger partial charge in [0, 0.05) is 23.7 Å². The number of carboxylic acid groups (broad SMARTS) is 1. The van der Waals surface area contributed by atoms with Gasteiger partial charge in [0.2, 0.25) is 0 Å². The second-order valence-electron chi connectivity index (χ2n) is 11.4. The van der Waals surface area contributed by atoms with Crippen molar-refractivity contribution in [3.8, 4) is 11.1 Å². The molecule has 41 heavy (non-hydrogen) atoms. The Bertz CT molecular complexity index is 1320. The highest BCUT2D eigenvalue weighted by Crippen LogP contribution is 2.57. The van der Waals surface area contributed by atoms with Crippen molar-refractivity contribution in [3.63, 3.8) is 0 Å². The van der Waals surface area contributed by atoms with Crippen LogP contribution in [0.1, 0.15) is 49.1 Å². The van der Waals surface area contributed by atoms with Gasteiger partial charge < -0.3 is 20.1 Å². The molecule has 2 bridgehead atoms. The van der Waals surface area contributed by atoms with E-state index in [2.05, 4.69) is 66.8 Å². The minimum absolute atomic E-state index is 0.0574. The molecule has 1 saturated carbocycles. The highest BCUT2D eigenvalue weighted by Gasteiger charge is 2.58. The van der Waals surface area contributed by atoms with Crippen LogP contribution in [-0.4, -0.2) is 46.7 Å². The maximum absolute atomic E-state index is 11.1. The number of benzene rings is 3. The summed E-state index contributed by atoms with van der Waals surface area (Å²) in [6.07, 6.45) is 10.8. The number of fused-ring (bicyclic) bond motifs is 2. The summed E-state index contributed by atoms with van der Waals surface area (Å²) < 4.78 is 6.37. The number of carboxylic acids is 1. The zero-order valence-electron chi connectivity index (χ0n) is 23.4. The third-order valence-corrected chi connectivity index (χ3v) is 8.98. The van der Waals surface area contributed by atoms with Gasteiger partial charge >= 0.3 is 5.97 Å². The Hall–Kier alpha value is -3.51. The topological polar surface area (TPSA) is 87.0 Å². The van der Waals surface area contributed by atoms with Crippen LogP contribution >= 0.6 is 0 Å². The van der Waals surface area contributed by atoms with Crippen molar-refractivity contribution in [1.29, 1.82) is 0 Å². The van der Waals surface area contributed by atoms with Crippen LogP contribution in [0.2, 0.25) is 0 Å². The van der Waals surface area contributed by atoms with Crippen LogP contribution in [0.4, 0.5) is 0 Å². The van der Waals surface area contributed by atoms with E-state index in [9.17, 15) is 15.0 Å². The van der Waals surface area contributed by atoms with Gasteiger partial charge in [0.05, 0.1) is 25.4 Å². The Morgan fingerprint density at radius 3 is 2.32 bits per heavy atom. The number of ether oxygens (including phenoxy) is 1. The molecule has 1 saturated heterocycles. The predicted molar refractivity (Wildman–Crippen MR) is 162 cm³/mol. The van der Waals surface area contributed by atoms with E-state index in [-0.39, 0.29) is 42.3 Å². The lowest BCUT2D eigenvalue weighted by atomic mass is 9.69. The van der Waals surface area contributed by atoms with E-state index in [1.54, 1.807) is 0 Å². The molecule has 2 aliphatic rings. The van der Waals surface area contributed by atoms with Gasteiger partial charge in [0.1, 0.15) is 0 Å². The van der Waals surface area contributed by atoms with Gasteiger partial charge in [-0.05, 0) is 53.9 Å². The summed E-state index contributed by atoms with van der Waals surface area (Å²) in [7, 11) is 0. The Morgan fingerprint density at radius 1 is 0.951 bits per heavy atom. The molecule has 0 radical (unpaired) electrons. The van der Waals surface area contributed by atoms with Crippen LogP contribution in [0.5, 0.6) is 0 Å². The lowest BCUT2D eigenvalue weighted by Crippen LogP contribution is -2.39. The van der Waals surface area contributed by atoms with Crippen LogP contribution in [0, 0.1) is 11.8 Å². The first-order valence-corrected chi connectivity index (χ1v) is 14.7. The van der Waals surface area contributed by atoms with Crippen molar-refractivity contribution < 1.29 is 24.9 Å². The van der Waals surface area contributed by atoms with E-state index in [1.807, 2.05) is 42.5 Å². The van der Waals surface area contributed by atoms with Crippen molar-refractivity contribution in [1.82, 2.24) is 0 Å². The molecule has 5 heteroatoms. The monoisotopic (exact) mass is 552 g/mol. The molecule has 0 spiro atoms. The zero-order chi connectivity index (χ0) is 28.7. The minimum atomic E-state index is -0.810. The molecule has 0 amide bonds. The second kappa shape index (κ2) is 13.4. The van der Waals surface area contributed by atoms with Crippen molar-refractivity contribution in [2.45, 2.75) is 55.6 Å². The first-order chi connectivity index (χ1) is 20.0. The molecule has 0 aromatic heterocycles. The maximum Gasteiger partial charge on any atom is 0.303 e. The van der Waals surface area contributed by atoms with E-state index in [4.69, 9.17) is 9.84 Å². The molecule has 3 aromatic carbocycles. The van der Waals surface area contributed by atoms with E-state index < -0.39 is 12.1 Å². The molecular formula is C36H40O5. The number of aliphatic carboxylic acids is 1. The van der Waals surface area contributed by atoms with E-state index >= 15 is 0 Å². The fraction of sp³-hybridized carbons (Fsp3) is 0.361. The van der Waals surface area contributed by atoms with Gasteiger partial charge in [0.15, 0.2) is 0 Å². The molecule has 1 aliphatic carbocycles. The molecule has 6 atom stereocenters. The summed E-state index contributed by atoms with van der Waals surface area (Å²) in [5.74, 6) is -0.765. The molecule has 2 fully saturated rings. The van der Waals surface area contributed by atoms with Gasteiger partial charge in [-0.2, -0.15) is 0 Å². The smallest absolute Gasteiger partial charge is 0.303 e. The number of aliphatic hydroxyl groups is 2. The Balaban J connectivity index is 1.38. The van der Waals surface area contributed by atoms with Gasteiger partial charge in [-0.25, -0.2) is 0 Å². The average Bonchev–Trinajstić information content (AvgIpc) is 3.57. The quantitative estimate of drug-likeness (QED) is 0.166. The Labute approximate surface area is 242 Å². The van der Waals surface area contributed by atoms with E-state index in [1.165, 1.54) is 16.7 Å². The third kappa shape index (κ3) is 6.54. The normalized spacial score (nSPS) is 25.2. The first kappa shape index (κ1) is 29.0. The van der Waals surface area contributed by atoms with Crippen molar-refractivity contribution in [3.05, 3.63) is 120 Å². The lowest BCUT2D eigenvalue weighted by Gasteiger charge is -2.38. The molecule has 1 aliphatic heterocycles. The molecule has 5 rings (SSSR count). The molecule has 1 unspecified atom stereocenters. The number of hydrogen-bond donors (Lipinski definition) is 3. The number of unbranched alkanes of at least 4 members (excludes halogenated alkanes) is 1. The number of allylic oxidation sites excluding steroid dienone is 2. The second-order valence-corrected chi connectivity index (χ2v) is 11.4. The summed E-state index contributed by atoms with van der Waals surface area (Å²) in [5.41, 5.74) is 4.42. The molecule has 1 heterocycles. The van der Waals surface area contributed by atoms with Crippen LogP contribution in [-0.2, 0) is 14.9 Å². The molecule has 3 aromatic rings. The van der Waals surface area contributed by atoms with Crippen molar-refractivity contribution in [2.75, 3.05) is 13.2 Å². The lowest BCUT2D eigenvalue weighted by molar-refractivity contribution is -0.137. The maximum atomic E-state index is 11.1. The summed E-state index contributed by atoms with van der Waals surface area (Å²) in [5, 5.41) is 30.1. The van der Waals surface area contributed by atoms with Crippen LogP contribution in [0.25, 0.3) is 11.1 Å². The predicted octanol–water partition coefficient (Wildman–Crippen LogP) is 6.52. The van der Waals surface area contributed by atoms with Gasteiger partial charge in [-0.1, -0.05) is 109 Å². The van der Waals surface area contributed by atoms with Gasteiger partial charge in [0.25, 0.3) is 0 Å². The van der Waals surface area contributed by atoms with Crippen LogP contribution < -0.4 is 0 Å². The van der Waals surface area contributed by atoms with Crippen molar-refractivity contribution >= 4 is 5.97 Å². The summed E-state index contributed by atoms with van der Waals surface area (Å²) in [4.78, 5) is 10.9. The van der Waals surface area contributed by atoms with Crippen LogP contribution in [0.15, 0.2) is 109 Å². The highest BCUT2D eigenvalue weighted by atomic mass is 16.5. The largest absolute Gasteiger partial charge is 0.481 e. The van der Waals surface area contributed by atoms with Crippen molar-refractivity contribution in [2.24, 2.45) is 11.8 Å². The van der Waals surface area contributed by atoms with Gasteiger partial charge in [-0.15, -0.1) is 0 Å². The average molecular weight is 553 g/mol. The highest BCUT2D eigenvalue weighted by molar-refractivity contribution is 5.66. The summed E-state index contributed by atoms with van der Waals surface area (Å²) in [6, 6.07) is 28.9. The number of rotatable bonds is 13. The fourth-order valence-electron chi connectivity index (χ4n) is 6.77. The Morgan fingerprint density at radius 2 is 1.63 bits per heavy atom. The first-order valence-electron chi connectivity index (χ1n) is 14.7. The minimum Gasteiger partial charge on any atom is -0.481 e. The molecular weight excluding hydrogens is 512 g/mol. The standard InChI is InChI=1S/C36H40O5/c37-24-31(28-13-7-4-8-14-28)33(38)22-21-30-32(15-9-1-2-10-16-35(39)40)36(23-34(30)41-25-36)29-19-17-27(18-20-29)26-11-5-3-6-12-26/h1,3-9,11-14,17-22,30-34,37-38H,2,10,15-16,23-25H2,(H,39,40)/t30-,31?,32-,33-,34-,36-/m0/s1. The number of carbonyl (C=O) groups is 1. The fourth-order valence-corrected chi connectivity index (χ4v) is 6.77. The SMILES string of the molecule is O=C(O)CCCC=CC[C@H]1[C@H](C=C[C@H](O)C(CO)c2ccccc2)[C@@H]2C[C@@]1(c1ccc(-c3ccccc3)cc1)CO2.